The van der Waals surface area contributed by atoms with Gasteiger partial charge >= 0.3 is 5.97 Å². The smallest absolute Gasteiger partial charge is 0.342 e. The molecule has 2 rings (SSSR count). The summed E-state index contributed by atoms with van der Waals surface area (Å²) in [6.45, 7) is 0. The summed E-state index contributed by atoms with van der Waals surface area (Å²) in [6.07, 6.45) is 0.966. The van der Waals surface area contributed by atoms with E-state index in [0.717, 1.165) is 6.20 Å². The molecule has 0 saturated carbocycles. The van der Waals surface area contributed by atoms with E-state index in [1.54, 1.807) is 0 Å². The van der Waals surface area contributed by atoms with Crippen molar-refractivity contribution in [3.8, 4) is 11.4 Å². The predicted molar refractivity (Wildman–Crippen MR) is 64.9 cm³/mol. The van der Waals surface area contributed by atoms with Crippen molar-refractivity contribution in [2.45, 2.75) is 0 Å². The molecule has 2 N–H and O–H groups in total. The fourth-order valence-corrected chi connectivity index (χ4v) is 1.72. The van der Waals surface area contributed by atoms with Crippen LogP contribution in [0.2, 0.25) is 0 Å². The zero-order chi connectivity index (χ0) is 13.3. The minimum atomic E-state index is -1.35. The number of rotatable bonds is 2. The summed E-state index contributed by atoms with van der Waals surface area (Å²) in [5.74, 6) is -1.62. The van der Waals surface area contributed by atoms with Crippen LogP contribution in [0.25, 0.3) is 11.4 Å². The first-order valence-corrected chi connectivity index (χ1v) is 5.56. The fraction of sp³-hybridized carbons (Fsp3) is 0. The van der Waals surface area contributed by atoms with E-state index in [0.29, 0.717) is 5.56 Å². The fourth-order valence-electron chi connectivity index (χ4n) is 1.34. The lowest BCUT2D eigenvalue weighted by Crippen LogP contribution is -2.18. The molecule has 7 heteroatoms. The zero-order valence-corrected chi connectivity index (χ0v) is 10.4. The predicted octanol–water partition coefficient (Wildman–Crippen LogP) is 2.04. The number of hydrogen-bond donors (Lipinski definition) is 2. The maximum absolute atomic E-state index is 13.0. The molecular formula is C11H6BrFN2O3. The van der Waals surface area contributed by atoms with E-state index in [2.05, 4.69) is 25.9 Å². The van der Waals surface area contributed by atoms with Crippen molar-refractivity contribution in [1.29, 1.82) is 0 Å². The summed E-state index contributed by atoms with van der Waals surface area (Å²) in [5, 5.41) is 8.69. The number of nitrogens with one attached hydrogen (secondary N) is 1. The summed E-state index contributed by atoms with van der Waals surface area (Å²) >= 11 is 3.01. The lowest BCUT2D eigenvalue weighted by molar-refractivity contribution is 0.0694. The molecule has 18 heavy (non-hydrogen) atoms. The Hall–Kier alpha value is -2.02. The number of nitrogens with zero attached hydrogens (tertiary/aromatic N) is 1. The highest BCUT2D eigenvalue weighted by Gasteiger charge is 2.11. The first kappa shape index (κ1) is 12.4. The van der Waals surface area contributed by atoms with E-state index in [9.17, 15) is 14.0 Å². The van der Waals surface area contributed by atoms with E-state index in [4.69, 9.17) is 5.11 Å². The molecule has 0 atom stereocenters. The van der Waals surface area contributed by atoms with Crippen LogP contribution < -0.4 is 5.56 Å². The molecule has 0 spiro atoms. The second kappa shape index (κ2) is 4.69. The van der Waals surface area contributed by atoms with Crippen LogP contribution in [0, 0.1) is 5.82 Å². The van der Waals surface area contributed by atoms with Gasteiger partial charge in [0.05, 0.1) is 4.47 Å². The number of carbonyl (C=O) groups is 1. The molecule has 1 aromatic heterocycles. The number of aromatic carboxylic acids is 1. The third kappa shape index (κ3) is 2.30. The summed E-state index contributed by atoms with van der Waals surface area (Å²) in [6, 6.07) is 4.08. The van der Waals surface area contributed by atoms with Crippen molar-refractivity contribution in [1.82, 2.24) is 9.97 Å². The average molecular weight is 313 g/mol. The van der Waals surface area contributed by atoms with E-state index >= 15 is 0 Å². The summed E-state index contributed by atoms with van der Waals surface area (Å²) < 4.78 is 13.3. The number of carboxylic acid groups (broad SMARTS) is 1. The van der Waals surface area contributed by atoms with Gasteiger partial charge in [-0.1, -0.05) is 0 Å². The average Bonchev–Trinajstić information content (AvgIpc) is 2.32. The summed E-state index contributed by atoms with van der Waals surface area (Å²) in [4.78, 5) is 28.2. The molecule has 0 radical (unpaired) electrons. The van der Waals surface area contributed by atoms with E-state index < -0.39 is 22.9 Å². The third-order valence-corrected chi connectivity index (χ3v) is 2.83. The Labute approximate surface area is 108 Å². The van der Waals surface area contributed by atoms with Gasteiger partial charge in [-0.15, -0.1) is 0 Å². The van der Waals surface area contributed by atoms with Crippen molar-refractivity contribution in [3.05, 3.63) is 50.6 Å². The molecule has 0 saturated heterocycles. The van der Waals surface area contributed by atoms with Crippen LogP contribution >= 0.6 is 15.9 Å². The monoisotopic (exact) mass is 312 g/mol. The number of hydrogen-bond acceptors (Lipinski definition) is 3. The summed E-state index contributed by atoms with van der Waals surface area (Å²) in [7, 11) is 0. The maximum atomic E-state index is 13.0. The van der Waals surface area contributed by atoms with Crippen molar-refractivity contribution in [2.24, 2.45) is 0 Å². The van der Waals surface area contributed by atoms with E-state index in [1.165, 1.54) is 18.2 Å². The highest BCUT2D eigenvalue weighted by molar-refractivity contribution is 9.10. The number of aromatic amines is 1. The Morgan fingerprint density at radius 3 is 2.72 bits per heavy atom. The zero-order valence-electron chi connectivity index (χ0n) is 8.78. The summed E-state index contributed by atoms with van der Waals surface area (Å²) in [5.41, 5.74) is -0.731. The molecule has 0 unspecified atom stereocenters. The Morgan fingerprint density at radius 1 is 1.44 bits per heavy atom. The molecule has 0 aliphatic carbocycles. The normalized spacial score (nSPS) is 10.3. The van der Waals surface area contributed by atoms with Crippen LogP contribution in [0.5, 0.6) is 0 Å². The van der Waals surface area contributed by atoms with Crippen molar-refractivity contribution < 1.29 is 14.3 Å². The number of H-pyrrole nitrogens is 1. The second-order valence-corrected chi connectivity index (χ2v) is 4.26. The Bertz CT molecular complexity index is 684. The van der Waals surface area contributed by atoms with Gasteiger partial charge in [-0.05, 0) is 34.1 Å². The Balaban J connectivity index is 2.52. The van der Waals surface area contributed by atoms with Gasteiger partial charge in [-0.2, -0.15) is 0 Å². The number of carboxylic acids is 1. The molecule has 0 bridgehead atoms. The van der Waals surface area contributed by atoms with E-state index in [-0.39, 0.29) is 10.3 Å². The van der Waals surface area contributed by atoms with Gasteiger partial charge in [0.2, 0.25) is 0 Å². The third-order valence-electron chi connectivity index (χ3n) is 2.22. The molecular weight excluding hydrogens is 307 g/mol. The quantitative estimate of drug-likeness (QED) is 0.889. The van der Waals surface area contributed by atoms with Crippen molar-refractivity contribution >= 4 is 21.9 Å². The van der Waals surface area contributed by atoms with E-state index in [1.807, 2.05) is 0 Å². The van der Waals surface area contributed by atoms with Gasteiger partial charge in [-0.3, -0.25) is 4.79 Å². The second-order valence-electron chi connectivity index (χ2n) is 3.41. The topological polar surface area (TPSA) is 83.0 Å². The highest BCUT2D eigenvalue weighted by atomic mass is 79.9. The van der Waals surface area contributed by atoms with Crippen molar-refractivity contribution in [3.63, 3.8) is 0 Å². The molecule has 2 aromatic rings. The number of aromatic nitrogens is 2. The lowest BCUT2D eigenvalue weighted by Gasteiger charge is -2.02. The number of benzene rings is 1. The van der Waals surface area contributed by atoms with Crippen LogP contribution in [-0.4, -0.2) is 21.0 Å². The van der Waals surface area contributed by atoms with Gasteiger partial charge < -0.3 is 10.1 Å². The van der Waals surface area contributed by atoms with Crippen LogP contribution in [0.4, 0.5) is 4.39 Å². The molecule has 0 amide bonds. The molecule has 0 aliphatic rings. The van der Waals surface area contributed by atoms with Crippen LogP contribution in [-0.2, 0) is 0 Å². The van der Waals surface area contributed by atoms with Crippen LogP contribution in [0.1, 0.15) is 10.4 Å². The number of halogens is 2. The molecule has 92 valence electrons. The molecule has 0 aliphatic heterocycles. The highest BCUT2D eigenvalue weighted by Crippen LogP contribution is 2.22. The van der Waals surface area contributed by atoms with Crippen LogP contribution in [0.3, 0.4) is 0 Å². The molecule has 1 aromatic carbocycles. The van der Waals surface area contributed by atoms with Gasteiger partial charge in [0.1, 0.15) is 17.2 Å². The maximum Gasteiger partial charge on any atom is 0.342 e. The Morgan fingerprint density at radius 2 is 2.17 bits per heavy atom. The standard InChI is InChI=1S/C11H6BrFN2O3/c12-7-3-5(1-2-8(7)13)9-14-4-6(11(17)18)10(16)15-9/h1-4H,(H,17,18)(H,14,15,16). The largest absolute Gasteiger partial charge is 0.477 e. The lowest BCUT2D eigenvalue weighted by atomic mass is 10.2. The molecule has 5 nitrogen and oxygen atoms in total. The molecule has 1 heterocycles. The van der Waals surface area contributed by atoms with Gasteiger partial charge in [-0.25, -0.2) is 14.2 Å². The SMILES string of the molecule is O=C(O)c1cnc(-c2ccc(F)c(Br)c2)[nH]c1=O. The first-order valence-electron chi connectivity index (χ1n) is 4.77. The minimum Gasteiger partial charge on any atom is -0.477 e. The van der Waals surface area contributed by atoms with Crippen molar-refractivity contribution in [2.75, 3.05) is 0 Å². The molecule has 0 fully saturated rings. The first-order chi connectivity index (χ1) is 8.49. The minimum absolute atomic E-state index is 0.172. The van der Waals surface area contributed by atoms with Gasteiger partial charge in [0.25, 0.3) is 5.56 Å². The van der Waals surface area contributed by atoms with Crippen LogP contribution in [0.15, 0.2) is 33.7 Å². The Kier molecular flexibility index (Phi) is 3.24. The van der Waals surface area contributed by atoms with Gasteiger partial charge in [0, 0.05) is 11.8 Å². The van der Waals surface area contributed by atoms with Gasteiger partial charge in [0.15, 0.2) is 0 Å².